The monoisotopic (exact) mass is 487 g/mol. The minimum absolute atomic E-state index is 0.150. The molecule has 9 nitrogen and oxygen atoms in total. The van der Waals surface area contributed by atoms with E-state index in [0.29, 0.717) is 36.2 Å². The lowest BCUT2D eigenvalue weighted by atomic mass is 9.82. The van der Waals surface area contributed by atoms with E-state index in [1.54, 1.807) is 13.2 Å². The number of anilines is 2. The minimum atomic E-state index is -0.503. The average molecular weight is 488 g/mol. The van der Waals surface area contributed by atoms with Gasteiger partial charge in [0.1, 0.15) is 17.8 Å². The number of nitrogens with zero attached hydrogens (tertiary/aromatic N) is 4. The van der Waals surface area contributed by atoms with Crippen LogP contribution in [0.15, 0.2) is 18.6 Å². The molecular formula is C25H38FN7O2. The third kappa shape index (κ3) is 7.28. The summed E-state index contributed by atoms with van der Waals surface area (Å²) in [6.07, 6.45) is 8.77. The molecule has 0 spiro atoms. The van der Waals surface area contributed by atoms with Crippen LogP contribution in [0.3, 0.4) is 0 Å². The molecule has 10 heteroatoms. The fourth-order valence-electron chi connectivity index (χ4n) is 4.83. The Balaban J connectivity index is 1.36. The Morgan fingerprint density at radius 2 is 1.89 bits per heavy atom. The summed E-state index contributed by atoms with van der Waals surface area (Å²) in [5, 5.41) is 10.4. The number of methoxy groups -OCH3 is 1. The Kier molecular flexibility index (Phi) is 8.80. The van der Waals surface area contributed by atoms with Crippen LogP contribution in [-0.4, -0.2) is 71.5 Å². The molecule has 0 radical (unpaired) electrons. The molecule has 2 fully saturated rings. The van der Waals surface area contributed by atoms with Crippen molar-refractivity contribution >= 4 is 11.8 Å². The lowest BCUT2D eigenvalue weighted by Crippen LogP contribution is -2.43. The van der Waals surface area contributed by atoms with Crippen molar-refractivity contribution in [3.8, 4) is 11.4 Å². The zero-order valence-electron chi connectivity index (χ0n) is 21.0. The van der Waals surface area contributed by atoms with Gasteiger partial charge in [0, 0.05) is 51.1 Å². The van der Waals surface area contributed by atoms with Crippen LogP contribution in [0, 0.1) is 11.2 Å². The molecular weight excluding hydrogens is 449 g/mol. The maximum absolute atomic E-state index is 14.7. The second kappa shape index (κ2) is 12.0. The SMILES string of the molecule is COCC(C)NC1CCC(Nc2ncc(F)c(-c3cc(NCC4(C)CCOCC4)ncn3)n2)CC1. The van der Waals surface area contributed by atoms with Gasteiger partial charge in [0.2, 0.25) is 5.95 Å². The van der Waals surface area contributed by atoms with Crippen molar-refractivity contribution in [2.45, 2.75) is 70.5 Å². The molecule has 2 aromatic rings. The van der Waals surface area contributed by atoms with Crippen LogP contribution in [0.4, 0.5) is 16.2 Å². The van der Waals surface area contributed by atoms with Crippen LogP contribution in [0.25, 0.3) is 11.4 Å². The fourth-order valence-corrected chi connectivity index (χ4v) is 4.83. The molecule has 4 rings (SSSR count). The molecule has 0 bridgehead atoms. The molecule has 2 aliphatic rings. The van der Waals surface area contributed by atoms with Gasteiger partial charge in [0.05, 0.1) is 18.5 Å². The summed E-state index contributed by atoms with van der Waals surface area (Å²) in [6, 6.07) is 2.82. The van der Waals surface area contributed by atoms with Gasteiger partial charge in [-0.25, -0.2) is 24.3 Å². The normalized spacial score (nSPS) is 23.0. The van der Waals surface area contributed by atoms with Crippen molar-refractivity contribution in [2.24, 2.45) is 5.41 Å². The number of hydrogen-bond donors (Lipinski definition) is 3. The molecule has 0 amide bonds. The van der Waals surface area contributed by atoms with Crippen LogP contribution < -0.4 is 16.0 Å². The van der Waals surface area contributed by atoms with E-state index in [1.807, 2.05) is 0 Å². The summed E-state index contributed by atoms with van der Waals surface area (Å²) in [7, 11) is 1.72. The zero-order chi connectivity index (χ0) is 24.7. The van der Waals surface area contributed by atoms with E-state index in [9.17, 15) is 4.39 Å². The smallest absolute Gasteiger partial charge is 0.223 e. The molecule has 192 valence electrons. The third-order valence-corrected chi connectivity index (χ3v) is 7.05. The van der Waals surface area contributed by atoms with Crippen molar-refractivity contribution < 1.29 is 13.9 Å². The maximum Gasteiger partial charge on any atom is 0.223 e. The standard InChI is InChI=1S/C25H38FN7O2/c1-17(14-34-3)31-18-4-6-19(7-5-18)32-24-27-13-20(26)23(33-24)21-12-22(30-16-29-21)28-15-25(2)8-10-35-11-9-25/h12-13,16-19,31H,4-11,14-15H2,1-3H3,(H,27,32,33)(H,28,29,30). The van der Waals surface area contributed by atoms with E-state index in [1.165, 1.54) is 12.5 Å². The van der Waals surface area contributed by atoms with E-state index in [-0.39, 0.29) is 17.2 Å². The van der Waals surface area contributed by atoms with Crippen LogP contribution in [0.1, 0.15) is 52.4 Å². The molecule has 3 N–H and O–H groups in total. The number of hydrogen-bond acceptors (Lipinski definition) is 9. The van der Waals surface area contributed by atoms with E-state index in [4.69, 9.17) is 9.47 Å². The summed E-state index contributed by atoms with van der Waals surface area (Å²) >= 11 is 0. The lowest BCUT2D eigenvalue weighted by molar-refractivity contribution is 0.0300. The van der Waals surface area contributed by atoms with Gasteiger partial charge in [-0.05, 0) is 50.9 Å². The van der Waals surface area contributed by atoms with Crippen LogP contribution >= 0.6 is 0 Å². The molecule has 1 atom stereocenters. The van der Waals surface area contributed by atoms with Gasteiger partial charge in [0.15, 0.2) is 5.82 Å². The molecule has 1 unspecified atom stereocenters. The molecule has 1 saturated carbocycles. The highest BCUT2D eigenvalue weighted by Crippen LogP contribution is 2.30. The van der Waals surface area contributed by atoms with Gasteiger partial charge in [-0.1, -0.05) is 6.92 Å². The van der Waals surface area contributed by atoms with Gasteiger partial charge in [-0.2, -0.15) is 0 Å². The molecule has 3 heterocycles. The fraction of sp³-hybridized carbons (Fsp3) is 0.680. The van der Waals surface area contributed by atoms with Gasteiger partial charge in [-0.3, -0.25) is 0 Å². The topological polar surface area (TPSA) is 106 Å². The van der Waals surface area contributed by atoms with Gasteiger partial charge < -0.3 is 25.4 Å². The summed E-state index contributed by atoms with van der Waals surface area (Å²) < 4.78 is 25.4. The molecule has 1 saturated heterocycles. The molecule has 1 aliphatic heterocycles. The summed E-state index contributed by atoms with van der Waals surface area (Å²) in [4.78, 5) is 17.2. The first kappa shape index (κ1) is 25.7. The number of ether oxygens (including phenoxy) is 2. The van der Waals surface area contributed by atoms with Crippen LogP contribution in [0.5, 0.6) is 0 Å². The largest absolute Gasteiger partial charge is 0.383 e. The Morgan fingerprint density at radius 3 is 2.63 bits per heavy atom. The highest BCUT2D eigenvalue weighted by atomic mass is 19.1. The van der Waals surface area contributed by atoms with E-state index >= 15 is 0 Å². The zero-order valence-corrected chi connectivity index (χ0v) is 21.0. The quantitative estimate of drug-likeness (QED) is 0.463. The second-order valence-corrected chi connectivity index (χ2v) is 10.2. The summed E-state index contributed by atoms with van der Waals surface area (Å²) in [6.45, 7) is 7.42. The first-order chi connectivity index (χ1) is 16.9. The van der Waals surface area contributed by atoms with E-state index in [2.05, 4.69) is 49.7 Å². The molecule has 1 aliphatic carbocycles. The van der Waals surface area contributed by atoms with Crippen LogP contribution in [0.2, 0.25) is 0 Å². The summed E-state index contributed by atoms with van der Waals surface area (Å²) in [5.41, 5.74) is 0.758. The Morgan fingerprint density at radius 1 is 1.14 bits per heavy atom. The predicted octanol–water partition coefficient (Wildman–Crippen LogP) is 3.65. The molecule has 35 heavy (non-hydrogen) atoms. The average Bonchev–Trinajstić information content (AvgIpc) is 2.86. The predicted molar refractivity (Wildman–Crippen MR) is 134 cm³/mol. The minimum Gasteiger partial charge on any atom is -0.383 e. The van der Waals surface area contributed by atoms with E-state index < -0.39 is 5.82 Å². The van der Waals surface area contributed by atoms with E-state index in [0.717, 1.165) is 58.3 Å². The first-order valence-electron chi connectivity index (χ1n) is 12.6. The number of nitrogens with one attached hydrogen (secondary N) is 3. The number of rotatable bonds is 10. The second-order valence-electron chi connectivity index (χ2n) is 10.2. The molecule has 0 aromatic carbocycles. The van der Waals surface area contributed by atoms with Gasteiger partial charge in [-0.15, -0.1) is 0 Å². The first-order valence-corrected chi connectivity index (χ1v) is 12.6. The van der Waals surface area contributed by atoms with Gasteiger partial charge in [0.25, 0.3) is 0 Å². The maximum atomic E-state index is 14.7. The van der Waals surface area contributed by atoms with Crippen molar-refractivity contribution in [1.29, 1.82) is 0 Å². The number of halogens is 1. The number of aromatic nitrogens is 4. The molecule has 2 aromatic heterocycles. The Bertz CT molecular complexity index is 949. The van der Waals surface area contributed by atoms with Crippen molar-refractivity contribution in [3.05, 3.63) is 24.4 Å². The Hall–Kier alpha value is -2.43. The van der Waals surface area contributed by atoms with Crippen molar-refractivity contribution in [2.75, 3.05) is 44.1 Å². The summed E-state index contributed by atoms with van der Waals surface area (Å²) in [5.74, 6) is 0.578. The van der Waals surface area contributed by atoms with Crippen LogP contribution in [-0.2, 0) is 9.47 Å². The highest BCUT2D eigenvalue weighted by Gasteiger charge is 2.27. The third-order valence-electron chi connectivity index (χ3n) is 7.05. The van der Waals surface area contributed by atoms with Gasteiger partial charge >= 0.3 is 0 Å². The van der Waals surface area contributed by atoms with Crippen molar-refractivity contribution in [3.63, 3.8) is 0 Å². The highest BCUT2D eigenvalue weighted by molar-refractivity contribution is 5.59. The van der Waals surface area contributed by atoms with Crippen molar-refractivity contribution in [1.82, 2.24) is 25.3 Å². The lowest BCUT2D eigenvalue weighted by Gasteiger charge is -2.33. The Labute approximate surface area is 207 Å².